The molecule has 10 rings (SSSR count). The van der Waals surface area contributed by atoms with E-state index in [2.05, 4.69) is 95.6 Å². The van der Waals surface area contributed by atoms with E-state index in [9.17, 15) is 0 Å². The van der Waals surface area contributed by atoms with Gasteiger partial charge < -0.3 is 10.6 Å². The maximum atomic E-state index is 4.24. The summed E-state index contributed by atoms with van der Waals surface area (Å²) in [5.74, 6) is 1.72. The van der Waals surface area contributed by atoms with E-state index in [4.69, 9.17) is 0 Å². The molecule has 0 aliphatic heterocycles. The standard InChI is InChI=1S/C38H38N2/c1-3-11-31-27(7-1)16-35-29(9-5-13-33(31)35)22-39-37-18-25-15-26(19-37)21-38(20-25,24-37)40-23-30-10-6-14-34-32-12-4-2-8-28(32)17-36(30)34/h1-14,25-26,39-40H,15-24H2. The van der Waals surface area contributed by atoms with Crippen molar-refractivity contribution >= 4 is 0 Å². The molecule has 2 nitrogen and oxygen atoms in total. The Morgan fingerprint density at radius 2 is 0.975 bits per heavy atom. The van der Waals surface area contributed by atoms with Crippen LogP contribution >= 0.6 is 0 Å². The number of fused-ring (bicyclic) bond motifs is 6. The predicted octanol–water partition coefficient (Wildman–Crippen LogP) is 7.80. The molecule has 0 aromatic heterocycles. The van der Waals surface area contributed by atoms with Crippen LogP contribution in [-0.4, -0.2) is 11.1 Å². The highest BCUT2D eigenvalue weighted by Crippen LogP contribution is 2.58. The molecule has 2 heteroatoms. The lowest BCUT2D eigenvalue weighted by atomic mass is 9.49. The maximum Gasteiger partial charge on any atom is 0.0213 e. The van der Waals surface area contributed by atoms with Crippen molar-refractivity contribution in [2.75, 3.05) is 0 Å². The normalized spacial score (nSPS) is 28.3. The molecule has 40 heavy (non-hydrogen) atoms. The van der Waals surface area contributed by atoms with E-state index in [1.165, 1.54) is 83.0 Å². The van der Waals surface area contributed by atoms with Gasteiger partial charge in [-0.25, -0.2) is 0 Å². The van der Waals surface area contributed by atoms with Crippen LogP contribution in [0.5, 0.6) is 0 Å². The van der Waals surface area contributed by atoms with Crippen molar-refractivity contribution in [3.63, 3.8) is 0 Å². The summed E-state index contributed by atoms with van der Waals surface area (Å²) in [6.07, 6.45) is 10.3. The second kappa shape index (κ2) is 8.65. The van der Waals surface area contributed by atoms with E-state index in [1.54, 1.807) is 11.1 Å². The zero-order chi connectivity index (χ0) is 26.3. The lowest BCUT2D eigenvalue weighted by Crippen LogP contribution is -2.68. The molecule has 0 unspecified atom stereocenters. The van der Waals surface area contributed by atoms with E-state index < -0.39 is 0 Å². The van der Waals surface area contributed by atoms with Gasteiger partial charge in [0.25, 0.3) is 0 Å². The minimum absolute atomic E-state index is 0.278. The summed E-state index contributed by atoms with van der Waals surface area (Å²) in [6, 6.07) is 31.9. The summed E-state index contributed by atoms with van der Waals surface area (Å²) < 4.78 is 0. The summed E-state index contributed by atoms with van der Waals surface area (Å²) in [7, 11) is 0. The van der Waals surface area contributed by atoms with Crippen LogP contribution in [0.3, 0.4) is 0 Å². The topological polar surface area (TPSA) is 24.1 Å². The summed E-state index contributed by atoms with van der Waals surface area (Å²) in [4.78, 5) is 0. The van der Waals surface area contributed by atoms with E-state index in [1.807, 2.05) is 0 Å². The van der Waals surface area contributed by atoms with Gasteiger partial charge >= 0.3 is 0 Å². The number of hydrogen-bond donors (Lipinski definition) is 2. The Labute approximate surface area is 238 Å². The van der Waals surface area contributed by atoms with E-state index >= 15 is 0 Å². The van der Waals surface area contributed by atoms with Gasteiger partial charge in [-0.05, 0) is 119 Å². The molecular formula is C38H38N2. The van der Waals surface area contributed by atoms with Crippen molar-refractivity contribution in [3.8, 4) is 22.3 Å². The summed E-state index contributed by atoms with van der Waals surface area (Å²) in [6.45, 7) is 1.99. The molecule has 4 aromatic rings. The molecule has 4 aromatic carbocycles. The fourth-order valence-electron chi connectivity index (χ4n) is 10.0. The average molecular weight is 523 g/mol. The minimum Gasteiger partial charge on any atom is -0.307 e. The zero-order valence-electron chi connectivity index (χ0n) is 23.3. The molecule has 6 aliphatic carbocycles. The van der Waals surface area contributed by atoms with Gasteiger partial charge in [0.15, 0.2) is 0 Å². The third kappa shape index (κ3) is 3.62. The molecule has 4 saturated carbocycles. The average Bonchev–Trinajstić information content (AvgIpc) is 3.54. The summed E-state index contributed by atoms with van der Waals surface area (Å²) in [5, 5.41) is 8.47. The lowest BCUT2D eigenvalue weighted by molar-refractivity contribution is -0.0536. The molecule has 0 spiro atoms. The van der Waals surface area contributed by atoms with Gasteiger partial charge in [-0.3, -0.25) is 0 Å². The molecule has 0 atom stereocenters. The van der Waals surface area contributed by atoms with Crippen LogP contribution in [-0.2, 0) is 25.9 Å². The first-order valence-electron chi connectivity index (χ1n) is 15.5. The molecule has 200 valence electrons. The van der Waals surface area contributed by atoms with Gasteiger partial charge in [-0.15, -0.1) is 0 Å². The van der Waals surface area contributed by atoms with Crippen LogP contribution < -0.4 is 10.6 Å². The Morgan fingerprint density at radius 1 is 0.525 bits per heavy atom. The van der Waals surface area contributed by atoms with Gasteiger partial charge in [-0.2, -0.15) is 0 Å². The molecule has 0 heterocycles. The van der Waals surface area contributed by atoms with Gasteiger partial charge in [0.1, 0.15) is 0 Å². The Hall–Kier alpha value is -3.20. The van der Waals surface area contributed by atoms with Gasteiger partial charge in [0, 0.05) is 24.2 Å². The van der Waals surface area contributed by atoms with Gasteiger partial charge in [0.05, 0.1) is 0 Å². The van der Waals surface area contributed by atoms with Crippen LogP contribution in [0.15, 0.2) is 84.9 Å². The monoisotopic (exact) mass is 522 g/mol. The minimum atomic E-state index is 0.278. The molecule has 0 amide bonds. The SMILES string of the molecule is c1ccc2c(c1)Cc1c(CNC34CC5CC(C3)CC(NCc3cccc6c3Cc3ccccc3-6)(C5)C4)cccc1-2. The van der Waals surface area contributed by atoms with E-state index in [0.29, 0.717) is 0 Å². The van der Waals surface area contributed by atoms with Crippen LogP contribution in [0.4, 0.5) is 0 Å². The fraction of sp³-hybridized carbons (Fsp3) is 0.368. The van der Waals surface area contributed by atoms with Crippen molar-refractivity contribution < 1.29 is 0 Å². The quantitative estimate of drug-likeness (QED) is 0.233. The molecule has 0 saturated heterocycles. The van der Waals surface area contributed by atoms with Crippen molar-refractivity contribution in [1.82, 2.24) is 10.6 Å². The first kappa shape index (κ1) is 23.5. The predicted molar refractivity (Wildman–Crippen MR) is 163 cm³/mol. The molecule has 4 bridgehead atoms. The first-order valence-corrected chi connectivity index (χ1v) is 15.5. The van der Waals surface area contributed by atoms with Crippen LogP contribution in [0.1, 0.15) is 71.9 Å². The smallest absolute Gasteiger partial charge is 0.0213 e. The lowest BCUT2D eigenvalue weighted by Gasteiger charge is -2.62. The molecule has 4 fully saturated rings. The number of rotatable bonds is 6. The highest BCUT2D eigenvalue weighted by molar-refractivity contribution is 5.78. The Kier molecular flexibility index (Phi) is 5.08. The second-order valence-corrected chi connectivity index (χ2v) is 13.8. The second-order valence-electron chi connectivity index (χ2n) is 13.8. The Morgan fingerprint density at radius 3 is 1.48 bits per heavy atom. The fourth-order valence-corrected chi connectivity index (χ4v) is 10.0. The van der Waals surface area contributed by atoms with E-state index in [-0.39, 0.29) is 11.1 Å². The summed E-state index contributed by atoms with van der Waals surface area (Å²) in [5.41, 5.74) is 15.4. The first-order chi connectivity index (χ1) is 19.7. The molecule has 0 radical (unpaired) electrons. The number of nitrogens with one attached hydrogen (secondary N) is 2. The molecule has 2 N–H and O–H groups in total. The van der Waals surface area contributed by atoms with Crippen molar-refractivity contribution in [3.05, 3.63) is 118 Å². The highest BCUT2D eigenvalue weighted by Gasteiger charge is 2.57. The largest absolute Gasteiger partial charge is 0.307 e. The number of benzene rings is 4. The van der Waals surface area contributed by atoms with Gasteiger partial charge in [-0.1, -0.05) is 84.9 Å². The zero-order valence-corrected chi connectivity index (χ0v) is 23.3. The third-order valence-corrected chi connectivity index (χ3v) is 11.3. The van der Waals surface area contributed by atoms with Crippen LogP contribution in [0.2, 0.25) is 0 Å². The van der Waals surface area contributed by atoms with Gasteiger partial charge in [0.2, 0.25) is 0 Å². The van der Waals surface area contributed by atoms with Crippen molar-refractivity contribution in [2.24, 2.45) is 11.8 Å². The van der Waals surface area contributed by atoms with E-state index in [0.717, 1.165) is 37.8 Å². The van der Waals surface area contributed by atoms with Crippen LogP contribution in [0.25, 0.3) is 22.3 Å². The third-order valence-electron chi connectivity index (χ3n) is 11.3. The van der Waals surface area contributed by atoms with Crippen molar-refractivity contribution in [1.29, 1.82) is 0 Å². The highest BCUT2D eigenvalue weighted by atomic mass is 15.1. The Bertz CT molecular complexity index is 1510. The maximum absolute atomic E-state index is 4.24. The summed E-state index contributed by atoms with van der Waals surface area (Å²) >= 11 is 0. The molecule has 6 aliphatic rings. The van der Waals surface area contributed by atoms with Crippen LogP contribution in [0, 0.1) is 11.8 Å². The molecular weight excluding hydrogens is 484 g/mol. The Balaban J connectivity index is 0.953. The van der Waals surface area contributed by atoms with Crippen molar-refractivity contribution in [2.45, 2.75) is 75.5 Å². The number of hydrogen-bond acceptors (Lipinski definition) is 2.